The van der Waals surface area contributed by atoms with E-state index in [-0.39, 0.29) is 5.91 Å². The summed E-state index contributed by atoms with van der Waals surface area (Å²) in [5.41, 5.74) is 6.25. The number of methoxy groups -OCH3 is 1. The summed E-state index contributed by atoms with van der Waals surface area (Å²) in [6, 6.07) is 13.3. The number of nitrogens with one attached hydrogen (secondary N) is 2. The number of rotatable bonds is 11. The molecule has 5 nitrogen and oxygen atoms in total. The number of aryl methyl sites for hydroxylation is 1. The smallest absolute Gasteiger partial charge is 0.251 e. The van der Waals surface area contributed by atoms with Gasteiger partial charge in [-0.25, -0.2) is 0 Å². The fourth-order valence-electron chi connectivity index (χ4n) is 3.55. The zero-order valence-electron chi connectivity index (χ0n) is 20.2. The molecule has 0 saturated carbocycles. The lowest BCUT2D eigenvalue weighted by atomic mass is 10.1. The van der Waals surface area contributed by atoms with E-state index in [1.807, 2.05) is 62.4 Å². The largest absolute Gasteiger partial charge is 0.383 e. The second-order valence-electron chi connectivity index (χ2n) is 7.54. The van der Waals surface area contributed by atoms with Crippen LogP contribution in [0.4, 0.5) is 5.69 Å². The summed E-state index contributed by atoms with van der Waals surface area (Å²) < 4.78 is 5.41. The first kappa shape index (κ1) is 26.2. The van der Waals surface area contributed by atoms with E-state index in [0.717, 1.165) is 40.3 Å². The van der Waals surface area contributed by atoms with Gasteiger partial charge in [-0.15, -0.1) is 0 Å². The summed E-state index contributed by atoms with van der Waals surface area (Å²) in [5, 5.41) is 6.82. The molecular weight excluding hydrogens is 434 g/mol. The van der Waals surface area contributed by atoms with Crippen molar-refractivity contribution >= 4 is 28.9 Å². The molecule has 2 rings (SSSR count). The maximum atomic E-state index is 12.1. The molecule has 0 aliphatic heterocycles. The number of allylic oxidation sites excluding steroid dienone is 2. The van der Waals surface area contributed by atoms with Crippen molar-refractivity contribution in [2.45, 2.75) is 27.2 Å². The number of carbonyl (C=O) groups is 1. The standard InChI is InChI=1S/C27H34ClN3O2/c1-7-10-26(24(8-2)30-20(4)21-11-9-12-23(28)18-21)31(15-16-33-6)25-14-13-22(17-19(25)3)27(32)29-5/h8-14,17-18,30H,4,7,15-16H2,1-3,5-6H3,(H,29,32)/b24-8-,26-10+. The van der Waals surface area contributed by atoms with Crippen LogP contribution in [0.2, 0.25) is 5.02 Å². The zero-order valence-corrected chi connectivity index (χ0v) is 20.9. The third-order valence-corrected chi connectivity index (χ3v) is 5.44. The molecule has 33 heavy (non-hydrogen) atoms. The van der Waals surface area contributed by atoms with Crippen LogP contribution in [0.1, 0.15) is 41.8 Å². The number of halogens is 1. The van der Waals surface area contributed by atoms with Crippen LogP contribution in [0.25, 0.3) is 5.70 Å². The van der Waals surface area contributed by atoms with E-state index in [2.05, 4.69) is 35.1 Å². The lowest BCUT2D eigenvalue weighted by Crippen LogP contribution is -2.31. The van der Waals surface area contributed by atoms with Crippen molar-refractivity contribution in [3.05, 3.63) is 94.3 Å². The molecule has 0 heterocycles. The van der Waals surface area contributed by atoms with Crippen molar-refractivity contribution in [2.75, 3.05) is 32.2 Å². The second-order valence-corrected chi connectivity index (χ2v) is 7.98. The highest BCUT2D eigenvalue weighted by atomic mass is 35.5. The SMILES string of the molecule is C=C(NC(=C\C)/C(=C\CC)N(CCOC)c1ccc(C(=O)NC)cc1C)c1cccc(Cl)c1. The van der Waals surface area contributed by atoms with Crippen LogP contribution in [0.3, 0.4) is 0 Å². The van der Waals surface area contributed by atoms with Crippen LogP contribution >= 0.6 is 11.6 Å². The van der Waals surface area contributed by atoms with E-state index in [0.29, 0.717) is 23.7 Å². The Kier molecular flexibility index (Phi) is 10.2. The van der Waals surface area contributed by atoms with Crippen LogP contribution in [-0.2, 0) is 4.74 Å². The van der Waals surface area contributed by atoms with Crippen LogP contribution in [0.5, 0.6) is 0 Å². The first-order chi connectivity index (χ1) is 15.9. The molecule has 6 heteroatoms. The van der Waals surface area contributed by atoms with Crippen molar-refractivity contribution in [3.8, 4) is 0 Å². The quantitative estimate of drug-likeness (QED) is 0.403. The van der Waals surface area contributed by atoms with E-state index in [4.69, 9.17) is 16.3 Å². The summed E-state index contributed by atoms with van der Waals surface area (Å²) in [4.78, 5) is 14.3. The maximum absolute atomic E-state index is 12.1. The second kappa shape index (κ2) is 12.9. The Balaban J connectivity index is 2.46. The van der Waals surface area contributed by atoms with Gasteiger partial charge in [0.1, 0.15) is 0 Å². The van der Waals surface area contributed by atoms with Crippen LogP contribution < -0.4 is 15.5 Å². The molecule has 2 N–H and O–H groups in total. The van der Waals surface area contributed by atoms with Gasteiger partial charge in [0.2, 0.25) is 0 Å². The number of nitrogens with zero attached hydrogens (tertiary/aromatic N) is 1. The number of anilines is 1. The fourth-order valence-corrected chi connectivity index (χ4v) is 3.74. The number of hydrogen-bond donors (Lipinski definition) is 2. The van der Waals surface area contributed by atoms with Gasteiger partial charge >= 0.3 is 0 Å². The normalized spacial score (nSPS) is 11.8. The van der Waals surface area contributed by atoms with Gasteiger partial charge in [0.15, 0.2) is 0 Å². The zero-order chi connectivity index (χ0) is 24.4. The molecule has 0 atom stereocenters. The number of ether oxygens (including phenoxy) is 1. The first-order valence-electron chi connectivity index (χ1n) is 11.0. The van der Waals surface area contributed by atoms with E-state index < -0.39 is 0 Å². The molecule has 1 amide bonds. The third kappa shape index (κ3) is 6.98. The Bertz CT molecular complexity index is 1040. The van der Waals surface area contributed by atoms with Crippen LogP contribution in [0, 0.1) is 6.92 Å². The molecule has 2 aromatic rings. The third-order valence-electron chi connectivity index (χ3n) is 5.21. The van der Waals surface area contributed by atoms with Crippen molar-refractivity contribution in [3.63, 3.8) is 0 Å². The predicted octanol–water partition coefficient (Wildman–Crippen LogP) is 5.92. The van der Waals surface area contributed by atoms with E-state index >= 15 is 0 Å². The van der Waals surface area contributed by atoms with Gasteiger partial charge in [-0.2, -0.15) is 0 Å². The Labute approximate surface area is 202 Å². The van der Waals surface area contributed by atoms with Crippen LogP contribution in [0.15, 0.2) is 72.6 Å². The summed E-state index contributed by atoms with van der Waals surface area (Å²) in [7, 11) is 3.33. The molecule has 176 valence electrons. The minimum atomic E-state index is -0.106. The molecule has 0 aliphatic carbocycles. The van der Waals surface area contributed by atoms with Gasteiger partial charge in [-0.3, -0.25) is 4.79 Å². The molecule has 0 spiro atoms. The topological polar surface area (TPSA) is 53.6 Å². The first-order valence-corrected chi connectivity index (χ1v) is 11.4. The minimum absolute atomic E-state index is 0.106. The Hall–Kier alpha value is -3.02. The van der Waals surface area contributed by atoms with Gasteiger partial charge in [0.25, 0.3) is 5.91 Å². The van der Waals surface area contributed by atoms with E-state index in [1.54, 1.807) is 14.2 Å². The minimum Gasteiger partial charge on any atom is -0.383 e. The molecule has 0 aromatic heterocycles. The lowest BCUT2D eigenvalue weighted by Gasteiger charge is -2.31. The molecule has 0 saturated heterocycles. The van der Waals surface area contributed by atoms with Crippen molar-refractivity contribution in [1.82, 2.24) is 10.6 Å². The maximum Gasteiger partial charge on any atom is 0.251 e. The summed E-state index contributed by atoms with van der Waals surface area (Å²) >= 11 is 6.18. The van der Waals surface area contributed by atoms with Crippen molar-refractivity contribution in [2.24, 2.45) is 0 Å². The monoisotopic (exact) mass is 467 g/mol. The Morgan fingerprint density at radius 1 is 1.21 bits per heavy atom. The molecule has 0 fully saturated rings. The highest BCUT2D eigenvalue weighted by Gasteiger charge is 2.19. The number of amides is 1. The average Bonchev–Trinajstić information content (AvgIpc) is 2.82. The number of carbonyl (C=O) groups excluding carboxylic acids is 1. The highest BCUT2D eigenvalue weighted by molar-refractivity contribution is 6.30. The van der Waals surface area contributed by atoms with Crippen LogP contribution in [-0.4, -0.2) is 33.2 Å². The average molecular weight is 468 g/mol. The molecular formula is C27H34ClN3O2. The summed E-state index contributed by atoms with van der Waals surface area (Å²) in [6.07, 6.45) is 5.05. The number of hydrogen-bond acceptors (Lipinski definition) is 4. The van der Waals surface area contributed by atoms with Gasteiger partial charge in [-0.05, 0) is 61.7 Å². The molecule has 0 bridgehead atoms. The summed E-state index contributed by atoms with van der Waals surface area (Å²) in [6.45, 7) is 11.5. The fraction of sp³-hybridized carbons (Fsp3) is 0.296. The predicted molar refractivity (Wildman–Crippen MR) is 140 cm³/mol. The molecule has 0 unspecified atom stereocenters. The Morgan fingerprint density at radius 2 is 1.97 bits per heavy atom. The van der Waals surface area contributed by atoms with Gasteiger partial charge in [-0.1, -0.05) is 49.4 Å². The lowest BCUT2D eigenvalue weighted by molar-refractivity contribution is 0.0963. The van der Waals surface area contributed by atoms with E-state index in [1.165, 1.54) is 0 Å². The molecule has 2 aromatic carbocycles. The number of benzene rings is 2. The Morgan fingerprint density at radius 3 is 2.55 bits per heavy atom. The molecule has 0 radical (unpaired) electrons. The summed E-state index contributed by atoms with van der Waals surface area (Å²) in [5.74, 6) is -0.106. The van der Waals surface area contributed by atoms with Gasteiger partial charge in [0.05, 0.1) is 18.0 Å². The van der Waals surface area contributed by atoms with Crippen molar-refractivity contribution < 1.29 is 9.53 Å². The molecule has 0 aliphatic rings. The van der Waals surface area contributed by atoms with Gasteiger partial charge in [0, 0.05) is 42.7 Å². The van der Waals surface area contributed by atoms with Crippen molar-refractivity contribution in [1.29, 1.82) is 0 Å². The van der Waals surface area contributed by atoms with Gasteiger partial charge < -0.3 is 20.3 Å². The van der Waals surface area contributed by atoms with E-state index in [9.17, 15) is 4.79 Å². The highest BCUT2D eigenvalue weighted by Crippen LogP contribution is 2.29.